The van der Waals surface area contributed by atoms with Crippen LogP contribution in [0.15, 0.2) is 30.3 Å². The lowest BCUT2D eigenvalue weighted by Gasteiger charge is -2.29. The standard InChI is InChI=1S/C20H29N3O/c1-3-13-23-15-10-19(11-16-23)20(24)21-12-7-14-22(2)17-18-8-5-4-6-9-18/h1,4-6,8-9,19H,7,10-17H2,2H3,(H,21,24). The van der Waals surface area contributed by atoms with E-state index in [9.17, 15) is 4.79 Å². The summed E-state index contributed by atoms with van der Waals surface area (Å²) in [6, 6.07) is 10.5. The van der Waals surface area contributed by atoms with Crippen LogP contribution in [0.25, 0.3) is 0 Å². The fraction of sp³-hybridized carbons (Fsp3) is 0.550. The highest BCUT2D eigenvalue weighted by Gasteiger charge is 2.24. The van der Waals surface area contributed by atoms with Crippen LogP contribution in [0, 0.1) is 18.3 Å². The molecule has 2 rings (SSSR count). The van der Waals surface area contributed by atoms with Crippen molar-refractivity contribution in [2.75, 3.05) is 39.8 Å². The number of rotatable bonds is 8. The average molecular weight is 327 g/mol. The molecule has 0 aromatic heterocycles. The van der Waals surface area contributed by atoms with Crippen LogP contribution >= 0.6 is 0 Å². The fourth-order valence-corrected chi connectivity index (χ4v) is 3.16. The van der Waals surface area contributed by atoms with Gasteiger partial charge in [-0.25, -0.2) is 0 Å². The van der Waals surface area contributed by atoms with Crippen LogP contribution in [0.4, 0.5) is 0 Å². The number of terminal acetylenes is 1. The average Bonchev–Trinajstić information content (AvgIpc) is 2.60. The number of hydrogen-bond acceptors (Lipinski definition) is 3. The first-order valence-corrected chi connectivity index (χ1v) is 8.85. The van der Waals surface area contributed by atoms with Gasteiger partial charge in [-0.1, -0.05) is 36.3 Å². The van der Waals surface area contributed by atoms with E-state index in [4.69, 9.17) is 6.42 Å². The summed E-state index contributed by atoms with van der Waals surface area (Å²) in [5.41, 5.74) is 1.32. The molecule has 1 N–H and O–H groups in total. The first-order chi connectivity index (χ1) is 11.7. The highest BCUT2D eigenvalue weighted by molar-refractivity contribution is 5.78. The molecule has 1 aromatic carbocycles. The highest BCUT2D eigenvalue weighted by Crippen LogP contribution is 2.16. The maximum Gasteiger partial charge on any atom is 0.223 e. The minimum atomic E-state index is 0.154. The van der Waals surface area contributed by atoms with E-state index in [1.807, 2.05) is 6.07 Å². The van der Waals surface area contributed by atoms with Gasteiger partial charge in [-0.2, -0.15) is 0 Å². The van der Waals surface area contributed by atoms with Gasteiger partial charge in [0, 0.05) is 19.0 Å². The van der Waals surface area contributed by atoms with E-state index in [1.54, 1.807) is 0 Å². The molecule has 4 heteroatoms. The number of nitrogens with zero attached hydrogens (tertiary/aromatic N) is 2. The number of likely N-dealkylation sites (tertiary alicyclic amines) is 1. The number of carbonyl (C=O) groups is 1. The van der Waals surface area contributed by atoms with Crippen LogP contribution < -0.4 is 5.32 Å². The van der Waals surface area contributed by atoms with E-state index >= 15 is 0 Å². The Labute approximate surface area is 146 Å². The Bertz CT molecular complexity index is 530. The fourth-order valence-electron chi connectivity index (χ4n) is 3.16. The van der Waals surface area contributed by atoms with Crippen LogP contribution in [0.3, 0.4) is 0 Å². The predicted molar refractivity (Wildman–Crippen MR) is 98.4 cm³/mol. The molecule has 1 saturated heterocycles. The molecule has 1 aliphatic rings. The van der Waals surface area contributed by atoms with Crippen LogP contribution in [-0.4, -0.2) is 55.5 Å². The first-order valence-electron chi connectivity index (χ1n) is 8.85. The summed E-state index contributed by atoms with van der Waals surface area (Å²) >= 11 is 0. The molecule has 1 amide bonds. The molecule has 0 spiro atoms. The van der Waals surface area contributed by atoms with Crippen molar-refractivity contribution < 1.29 is 4.79 Å². The molecular weight excluding hydrogens is 298 g/mol. The van der Waals surface area contributed by atoms with Gasteiger partial charge in [0.15, 0.2) is 0 Å². The zero-order valence-corrected chi connectivity index (χ0v) is 14.7. The van der Waals surface area contributed by atoms with Crippen LogP contribution in [0.5, 0.6) is 0 Å². The third-order valence-corrected chi connectivity index (χ3v) is 4.58. The second-order valence-electron chi connectivity index (χ2n) is 6.62. The Morgan fingerprint density at radius 1 is 1.33 bits per heavy atom. The molecule has 1 aliphatic heterocycles. The van der Waals surface area contributed by atoms with E-state index in [0.29, 0.717) is 6.54 Å². The Balaban J connectivity index is 1.57. The van der Waals surface area contributed by atoms with E-state index in [2.05, 4.69) is 52.4 Å². The van der Waals surface area contributed by atoms with Gasteiger partial charge in [-0.05, 0) is 51.5 Å². The second-order valence-corrected chi connectivity index (χ2v) is 6.62. The van der Waals surface area contributed by atoms with Gasteiger partial charge in [0.25, 0.3) is 0 Å². The van der Waals surface area contributed by atoms with Crippen LogP contribution in [0.2, 0.25) is 0 Å². The third kappa shape index (κ3) is 6.35. The zero-order valence-electron chi connectivity index (χ0n) is 14.7. The van der Waals surface area contributed by atoms with Crippen molar-refractivity contribution in [1.82, 2.24) is 15.1 Å². The SMILES string of the molecule is C#CCN1CCC(C(=O)NCCCN(C)Cc2ccccc2)CC1. The minimum Gasteiger partial charge on any atom is -0.356 e. The number of benzene rings is 1. The van der Waals surface area contributed by atoms with Crippen molar-refractivity contribution in [1.29, 1.82) is 0 Å². The van der Waals surface area contributed by atoms with Crippen LogP contribution in [-0.2, 0) is 11.3 Å². The van der Waals surface area contributed by atoms with Crippen molar-refractivity contribution in [2.24, 2.45) is 5.92 Å². The van der Waals surface area contributed by atoms with Gasteiger partial charge in [0.05, 0.1) is 6.54 Å². The quantitative estimate of drug-likeness (QED) is 0.586. The number of nitrogens with one attached hydrogen (secondary N) is 1. The topological polar surface area (TPSA) is 35.6 Å². The van der Waals surface area contributed by atoms with E-state index < -0.39 is 0 Å². The lowest BCUT2D eigenvalue weighted by Crippen LogP contribution is -2.41. The second kappa shape index (κ2) is 10.1. The monoisotopic (exact) mass is 327 g/mol. The van der Waals surface area contributed by atoms with Gasteiger partial charge < -0.3 is 10.2 Å². The number of amides is 1. The van der Waals surface area contributed by atoms with Crippen molar-refractivity contribution in [3.05, 3.63) is 35.9 Å². The smallest absolute Gasteiger partial charge is 0.223 e. The number of hydrogen-bond donors (Lipinski definition) is 1. The maximum absolute atomic E-state index is 12.2. The van der Waals surface area contributed by atoms with E-state index in [-0.39, 0.29) is 11.8 Å². The molecule has 0 unspecified atom stereocenters. The molecule has 24 heavy (non-hydrogen) atoms. The molecule has 0 bridgehead atoms. The summed E-state index contributed by atoms with van der Waals surface area (Å²) in [4.78, 5) is 16.7. The molecule has 0 atom stereocenters. The van der Waals surface area contributed by atoms with Gasteiger partial charge in [0.1, 0.15) is 0 Å². The molecule has 0 saturated carbocycles. The lowest BCUT2D eigenvalue weighted by atomic mass is 9.96. The Morgan fingerprint density at radius 2 is 2.04 bits per heavy atom. The molecule has 1 aromatic rings. The van der Waals surface area contributed by atoms with Gasteiger partial charge in [-0.3, -0.25) is 9.69 Å². The summed E-state index contributed by atoms with van der Waals surface area (Å²) in [5, 5.41) is 3.09. The number of piperidine rings is 1. The summed E-state index contributed by atoms with van der Waals surface area (Å²) in [7, 11) is 2.12. The highest BCUT2D eigenvalue weighted by atomic mass is 16.1. The van der Waals surface area contributed by atoms with Gasteiger partial charge in [0.2, 0.25) is 5.91 Å². The summed E-state index contributed by atoms with van der Waals surface area (Å²) in [6.45, 7) is 5.24. The van der Waals surface area contributed by atoms with E-state index in [0.717, 1.165) is 52.0 Å². The third-order valence-electron chi connectivity index (χ3n) is 4.58. The summed E-state index contributed by atoms with van der Waals surface area (Å²) in [5.74, 6) is 3.04. The molecule has 130 valence electrons. The Kier molecular flexibility index (Phi) is 7.81. The molecule has 0 aliphatic carbocycles. The molecule has 1 heterocycles. The normalized spacial score (nSPS) is 16.0. The summed E-state index contributed by atoms with van der Waals surface area (Å²) < 4.78 is 0. The maximum atomic E-state index is 12.2. The zero-order chi connectivity index (χ0) is 17.2. The Hall–Kier alpha value is -1.83. The van der Waals surface area contributed by atoms with E-state index in [1.165, 1.54) is 5.56 Å². The van der Waals surface area contributed by atoms with Crippen LogP contribution in [0.1, 0.15) is 24.8 Å². The van der Waals surface area contributed by atoms with Gasteiger partial charge in [-0.15, -0.1) is 6.42 Å². The molecule has 4 nitrogen and oxygen atoms in total. The molecule has 1 fully saturated rings. The predicted octanol–water partition coefficient (Wildman–Crippen LogP) is 1.97. The minimum absolute atomic E-state index is 0.154. The lowest BCUT2D eigenvalue weighted by molar-refractivity contribution is -0.126. The van der Waals surface area contributed by atoms with Crippen molar-refractivity contribution in [3.8, 4) is 12.3 Å². The van der Waals surface area contributed by atoms with Crippen molar-refractivity contribution >= 4 is 5.91 Å². The number of carbonyl (C=O) groups excluding carboxylic acids is 1. The van der Waals surface area contributed by atoms with Gasteiger partial charge >= 0.3 is 0 Å². The molecular formula is C20H29N3O. The molecule has 0 radical (unpaired) electrons. The van der Waals surface area contributed by atoms with Crippen molar-refractivity contribution in [3.63, 3.8) is 0 Å². The largest absolute Gasteiger partial charge is 0.356 e. The first kappa shape index (κ1) is 18.5. The van der Waals surface area contributed by atoms with Crippen molar-refractivity contribution in [2.45, 2.75) is 25.8 Å². The summed E-state index contributed by atoms with van der Waals surface area (Å²) in [6.07, 6.45) is 8.15. The Morgan fingerprint density at radius 3 is 2.71 bits per heavy atom.